The van der Waals surface area contributed by atoms with Crippen LogP contribution in [0.2, 0.25) is 0 Å². The number of hydrogen-bond acceptors (Lipinski definition) is 3. The maximum atomic E-state index is 14.3. The molecule has 3 rings (SSSR count). The van der Waals surface area contributed by atoms with Crippen molar-refractivity contribution in [1.29, 1.82) is 0 Å². The number of methoxy groups -OCH3 is 1. The molecule has 116 valence electrons. The molecule has 2 unspecified atom stereocenters. The molecule has 2 heterocycles. The first-order valence-corrected chi connectivity index (χ1v) is 7.43. The summed E-state index contributed by atoms with van der Waals surface area (Å²) in [4.78, 5) is 2.27. The Morgan fingerprint density at radius 1 is 1.19 bits per heavy atom. The summed E-state index contributed by atoms with van der Waals surface area (Å²) in [5.41, 5.74) is -1.23. The maximum absolute atomic E-state index is 14.3. The van der Waals surface area contributed by atoms with E-state index in [1.807, 2.05) is 0 Å². The van der Waals surface area contributed by atoms with Gasteiger partial charge in [0, 0.05) is 17.6 Å². The lowest BCUT2D eigenvalue weighted by atomic mass is 9.72. The van der Waals surface area contributed by atoms with Crippen LogP contribution in [0, 0.1) is 11.6 Å². The minimum Gasteiger partial charge on any atom is -0.494 e. The minimum atomic E-state index is -1.29. The summed E-state index contributed by atoms with van der Waals surface area (Å²) in [6.07, 6.45) is 4.02. The molecule has 2 bridgehead atoms. The van der Waals surface area contributed by atoms with Crippen LogP contribution in [0.4, 0.5) is 8.78 Å². The average molecular weight is 297 g/mol. The monoisotopic (exact) mass is 297 g/mol. The van der Waals surface area contributed by atoms with Crippen molar-refractivity contribution in [3.63, 3.8) is 0 Å². The molecule has 1 N–H and O–H groups in total. The second-order valence-electron chi connectivity index (χ2n) is 6.29. The number of ether oxygens (including phenoxy) is 1. The predicted molar refractivity (Wildman–Crippen MR) is 75.2 cm³/mol. The van der Waals surface area contributed by atoms with Gasteiger partial charge in [0.2, 0.25) is 5.82 Å². The summed E-state index contributed by atoms with van der Waals surface area (Å²) in [6.45, 7) is 0. The highest BCUT2D eigenvalue weighted by atomic mass is 19.2. The molecule has 2 saturated heterocycles. The van der Waals surface area contributed by atoms with Crippen LogP contribution in [0.15, 0.2) is 12.1 Å². The number of piperidine rings is 2. The SMILES string of the molecule is COc1ccc(C2(O)CC3CCCC(C2)N3C)c(F)c1F. The molecule has 1 aromatic carbocycles. The molecule has 2 aliphatic rings. The van der Waals surface area contributed by atoms with Gasteiger partial charge < -0.3 is 14.7 Å². The summed E-state index contributed by atoms with van der Waals surface area (Å²) >= 11 is 0. The quantitative estimate of drug-likeness (QED) is 0.911. The van der Waals surface area contributed by atoms with Crippen LogP contribution in [0.25, 0.3) is 0 Å². The second kappa shape index (κ2) is 5.21. The Kier molecular flexibility index (Phi) is 3.66. The molecule has 21 heavy (non-hydrogen) atoms. The van der Waals surface area contributed by atoms with Gasteiger partial charge >= 0.3 is 0 Å². The normalized spacial score (nSPS) is 33.0. The van der Waals surface area contributed by atoms with Gasteiger partial charge in [0.05, 0.1) is 12.7 Å². The molecule has 2 atom stereocenters. The maximum Gasteiger partial charge on any atom is 0.200 e. The smallest absolute Gasteiger partial charge is 0.200 e. The van der Waals surface area contributed by atoms with E-state index in [1.54, 1.807) is 0 Å². The van der Waals surface area contributed by atoms with Crippen LogP contribution in [0.3, 0.4) is 0 Å². The summed E-state index contributed by atoms with van der Waals surface area (Å²) in [6, 6.07) is 3.30. The van der Waals surface area contributed by atoms with Crippen LogP contribution in [-0.4, -0.2) is 36.2 Å². The third-order valence-corrected chi connectivity index (χ3v) is 5.14. The molecule has 0 saturated carbocycles. The lowest BCUT2D eigenvalue weighted by Gasteiger charge is -2.50. The van der Waals surface area contributed by atoms with E-state index in [1.165, 1.54) is 19.2 Å². The Balaban J connectivity index is 1.98. The van der Waals surface area contributed by atoms with Gasteiger partial charge in [-0.3, -0.25) is 0 Å². The Labute approximate surface area is 123 Å². The molecule has 1 aromatic rings. The number of nitrogens with zero attached hydrogens (tertiary/aromatic N) is 1. The van der Waals surface area contributed by atoms with E-state index in [9.17, 15) is 13.9 Å². The summed E-state index contributed by atoms with van der Waals surface area (Å²) in [5.74, 6) is -2.14. The number of benzene rings is 1. The summed E-state index contributed by atoms with van der Waals surface area (Å²) in [5, 5.41) is 11.0. The van der Waals surface area contributed by atoms with Crippen LogP contribution in [0.5, 0.6) is 5.75 Å². The highest BCUT2D eigenvalue weighted by Gasteiger charge is 2.46. The van der Waals surface area contributed by atoms with Crippen molar-refractivity contribution in [2.75, 3.05) is 14.2 Å². The minimum absolute atomic E-state index is 0.0609. The topological polar surface area (TPSA) is 32.7 Å². The third-order valence-electron chi connectivity index (χ3n) is 5.14. The fourth-order valence-corrected chi connectivity index (χ4v) is 3.92. The largest absolute Gasteiger partial charge is 0.494 e. The van der Waals surface area contributed by atoms with Gasteiger partial charge in [-0.2, -0.15) is 4.39 Å². The van der Waals surface area contributed by atoms with Crippen molar-refractivity contribution in [3.05, 3.63) is 29.3 Å². The molecular formula is C16H21F2NO2. The average Bonchev–Trinajstić information content (AvgIpc) is 2.43. The molecule has 0 amide bonds. The zero-order valence-corrected chi connectivity index (χ0v) is 12.4. The Hall–Kier alpha value is -1.20. The fraction of sp³-hybridized carbons (Fsp3) is 0.625. The molecule has 2 fully saturated rings. The van der Waals surface area contributed by atoms with Gasteiger partial charge in [0.25, 0.3) is 0 Å². The summed E-state index contributed by atoms with van der Waals surface area (Å²) in [7, 11) is 3.35. The lowest BCUT2D eigenvalue weighted by molar-refractivity contribution is -0.0894. The van der Waals surface area contributed by atoms with E-state index in [0.717, 1.165) is 19.3 Å². The molecule has 0 aliphatic carbocycles. The van der Waals surface area contributed by atoms with Crippen molar-refractivity contribution in [2.24, 2.45) is 0 Å². The van der Waals surface area contributed by atoms with Crippen molar-refractivity contribution >= 4 is 0 Å². The highest BCUT2D eigenvalue weighted by molar-refractivity contribution is 5.35. The van der Waals surface area contributed by atoms with Gasteiger partial charge in [-0.25, -0.2) is 4.39 Å². The molecule has 3 nitrogen and oxygen atoms in total. The molecular weight excluding hydrogens is 276 g/mol. The van der Waals surface area contributed by atoms with Crippen molar-refractivity contribution in [1.82, 2.24) is 4.90 Å². The van der Waals surface area contributed by atoms with E-state index in [4.69, 9.17) is 4.74 Å². The van der Waals surface area contributed by atoms with E-state index in [0.29, 0.717) is 12.8 Å². The first kappa shape index (κ1) is 14.7. The Morgan fingerprint density at radius 2 is 1.81 bits per heavy atom. The molecule has 5 heteroatoms. The zero-order chi connectivity index (χ0) is 15.2. The molecule has 0 spiro atoms. The van der Waals surface area contributed by atoms with Crippen molar-refractivity contribution in [2.45, 2.75) is 49.8 Å². The van der Waals surface area contributed by atoms with Crippen LogP contribution >= 0.6 is 0 Å². The second-order valence-corrected chi connectivity index (χ2v) is 6.29. The Bertz CT molecular complexity index is 535. The number of halogens is 2. The van der Waals surface area contributed by atoms with Crippen molar-refractivity contribution in [3.8, 4) is 5.75 Å². The van der Waals surface area contributed by atoms with E-state index in [2.05, 4.69) is 11.9 Å². The van der Waals surface area contributed by atoms with Crippen LogP contribution in [0.1, 0.15) is 37.7 Å². The van der Waals surface area contributed by atoms with Gasteiger partial charge in [0.1, 0.15) is 0 Å². The summed E-state index contributed by atoms with van der Waals surface area (Å²) < 4.78 is 33.0. The first-order chi connectivity index (χ1) is 9.96. The fourth-order valence-electron chi connectivity index (χ4n) is 3.92. The first-order valence-electron chi connectivity index (χ1n) is 7.43. The van der Waals surface area contributed by atoms with E-state index >= 15 is 0 Å². The molecule has 0 aromatic heterocycles. The highest BCUT2D eigenvalue weighted by Crippen LogP contribution is 2.45. The van der Waals surface area contributed by atoms with Gasteiger partial charge in [-0.1, -0.05) is 6.42 Å². The molecule has 0 radical (unpaired) electrons. The number of aliphatic hydroxyl groups is 1. The van der Waals surface area contributed by atoms with E-state index in [-0.39, 0.29) is 23.4 Å². The van der Waals surface area contributed by atoms with Gasteiger partial charge in [0.15, 0.2) is 11.6 Å². The lowest BCUT2D eigenvalue weighted by Crippen LogP contribution is -2.55. The number of fused-ring (bicyclic) bond motifs is 2. The zero-order valence-electron chi connectivity index (χ0n) is 12.4. The standard InChI is InChI=1S/C16H21F2NO2/c1-19-10-4-3-5-11(19)9-16(20,8-10)12-6-7-13(21-2)15(18)14(12)17/h6-7,10-11,20H,3-5,8-9H2,1-2H3. The third kappa shape index (κ3) is 2.32. The number of hydrogen-bond donors (Lipinski definition) is 1. The van der Waals surface area contributed by atoms with E-state index < -0.39 is 17.2 Å². The van der Waals surface area contributed by atoms with Crippen molar-refractivity contribution < 1.29 is 18.6 Å². The number of rotatable bonds is 2. The predicted octanol–water partition coefficient (Wildman–Crippen LogP) is 2.81. The van der Waals surface area contributed by atoms with Gasteiger partial charge in [-0.05, 0) is 44.9 Å². The molecule has 2 aliphatic heterocycles. The van der Waals surface area contributed by atoms with Crippen LogP contribution < -0.4 is 4.74 Å². The Morgan fingerprint density at radius 3 is 2.38 bits per heavy atom. The van der Waals surface area contributed by atoms with Gasteiger partial charge in [-0.15, -0.1) is 0 Å². The van der Waals surface area contributed by atoms with Crippen LogP contribution in [-0.2, 0) is 5.60 Å².